The van der Waals surface area contributed by atoms with Gasteiger partial charge in [-0.05, 0) is 80.1 Å². The average Bonchev–Trinajstić information content (AvgIpc) is 3.24. The Hall–Kier alpha value is -4.49. The lowest BCUT2D eigenvalue weighted by atomic mass is 9.86. The highest BCUT2D eigenvalue weighted by atomic mass is 35.5. The fourth-order valence-electron chi connectivity index (χ4n) is 5.52. The summed E-state index contributed by atoms with van der Waals surface area (Å²) in [6.45, 7) is 9.34. The number of fused-ring (bicyclic) bond motifs is 1. The van der Waals surface area contributed by atoms with Crippen molar-refractivity contribution in [1.29, 1.82) is 0 Å². The van der Waals surface area contributed by atoms with Crippen molar-refractivity contribution in [2.75, 3.05) is 19.6 Å². The lowest BCUT2D eigenvalue weighted by Crippen LogP contribution is -2.39. The molecule has 46 heavy (non-hydrogen) atoms. The number of amides is 2. The van der Waals surface area contributed by atoms with Crippen LogP contribution >= 0.6 is 11.6 Å². The minimum Gasteiger partial charge on any atom is -0.489 e. The first-order valence-electron chi connectivity index (χ1n) is 15.7. The van der Waals surface area contributed by atoms with E-state index in [-0.39, 0.29) is 18.4 Å². The van der Waals surface area contributed by atoms with Crippen molar-refractivity contribution in [2.45, 2.75) is 58.8 Å². The topological polar surface area (TPSA) is 77.1 Å². The molecule has 1 heterocycles. The molecule has 4 aromatic carbocycles. The molecular weight excluding hydrogens is 600 g/mol. The molecule has 0 radical (unpaired) electrons. The highest BCUT2D eigenvalue weighted by molar-refractivity contribution is 6.33. The summed E-state index contributed by atoms with van der Waals surface area (Å²) in [5, 5.41) is 3.30. The van der Waals surface area contributed by atoms with Crippen molar-refractivity contribution in [3.8, 4) is 11.5 Å². The fraction of sp³-hybridized carbons (Fsp3) is 0.316. The molecule has 5 rings (SSSR count). The van der Waals surface area contributed by atoms with Crippen LogP contribution in [0.2, 0.25) is 5.02 Å². The highest BCUT2D eigenvalue weighted by Crippen LogP contribution is 2.42. The SMILES string of the molecule is CCNC(=O)c1cc2c(c(Cl)c1OCc1ccccc1)CCN(C(=O)OC(C)(C)C)CC2c1ccc(OCc2ccccc2)cc1. The van der Waals surface area contributed by atoms with E-state index >= 15 is 0 Å². The van der Waals surface area contributed by atoms with Crippen molar-refractivity contribution in [1.82, 2.24) is 10.2 Å². The number of halogens is 1. The van der Waals surface area contributed by atoms with Gasteiger partial charge in [0.1, 0.15) is 24.6 Å². The van der Waals surface area contributed by atoms with Crippen LogP contribution in [0.3, 0.4) is 0 Å². The Morgan fingerprint density at radius 3 is 2.09 bits per heavy atom. The predicted octanol–water partition coefficient (Wildman–Crippen LogP) is 8.17. The van der Waals surface area contributed by atoms with Crippen LogP contribution < -0.4 is 14.8 Å². The normalized spacial score (nSPS) is 14.5. The molecule has 0 aliphatic carbocycles. The molecule has 0 bridgehead atoms. The van der Waals surface area contributed by atoms with Crippen LogP contribution in [0.1, 0.15) is 71.8 Å². The minimum absolute atomic E-state index is 0.254. The first kappa shape index (κ1) is 32.9. The van der Waals surface area contributed by atoms with E-state index in [1.165, 1.54) is 0 Å². The van der Waals surface area contributed by atoms with Crippen LogP contribution in [0, 0.1) is 0 Å². The molecular formula is C38H41ClN2O5. The van der Waals surface area contributed by atoms with E-state index in [4.69, 9.17) is 25.8 Å². The van der Waals surface area contributed by atoms with Crippen molar-refractivity contribution < 1.29 is 23.8 Å². The Morgan fingerprint density at radius 1 is 0.891 bits per heavy atom. The zero-order chi connectivity index (χ0) is 32.7. The minimum atomic E-state index is -0.648. The van der Waals surface area contributed by atoms with Crippen LogP contribution in [-0.2, 0) is 24.4 Å². The molecule has 0 fully saturated rings. The fourth-order valence-corrected chi connectivity index (χ4v) is 5.88. The van der Waals surface area contributed by atoms with Crippen molar-refractivity contribution >= 4 is 23.6 Å². The molecule has 1 aliphatic heterocycles. The van der Waals surface area contributed by atoms with Gasteiger partial charge in [-0.1, -0.05) is 84.4 Å². The number of benzene rings is 4. The van der Waals surface area contributed by atoms with Gasteiger partial charge in [0.05, 0.1) is 10.6 Å². The highest BCUT2D eigenvalue weighted by Gasteiger charge is 2.33. The second-order valence-corrected chi connectivity index (χ2v) is 12.7. The second-order valence-electron chi connectivity index (χ2n) is 12.3. The third kappa shape index (κ3) is 8.20. The van der Waals surface area contributed by atoms with Gasteiger partial charge in [0, 0.05) is 25.6 Å². The number of nitrogens with one attached hydrogen (secondary N) is 1. The van der Waals surface area contributed by atoms with E-state index in [1.807, 2.05) is 119 Å². The summed E-state index contributed by atoms with van der Waals surface area (Å²) in [6.07, 6.45) is 0.0771. The molecule has 1 aliphatic rings. The largest absolute Gasteiger partial charge is 0.489 e. The Labute approximate surface area is 276 Å². The molecule has 1 N–H and O–H groups in total. The van der Waals surface area contributed by atoms with E-state index in [1.54, 1.807) is 4.90 Å². The number of hydrogen-bond acceptors (Lipinski definition) is 5. The third-order valence-electron chi connectivity index (χ3n) is 7.76. The Balaban J connectivity index is 1.53. The van der Waals surface area contributed by atoms with Gasteiger partial charge in [0.2, 0.25) is 0 Å². The van der Waals surface area contributed by atoms with Crippen molar-refractivity contribution in [2.24, 2.45) is 0 Å². The molecule has 4 aromatic rings. The maximum Gasteiger partial charge on any atom is 0.410 e. The summed E-state index contributed by atoms with van der Waals surface area (Å²) in [7, 11) is 0. The monoisotopic (exact) mass is 640 g/mol. The van der Waals surface area contributed by atoms with Gasteiger partial charge in [0.15, 0.2) is 5.75 Å². The van der Waals surface area contributed by atoms with Gasteiger partial charge < -0.3 is 24.4 Å². The molecule has 0 saturated carbocycles. The van der Waals surface area contributed by atoms with Crippen LogP contribution in [0.4, 0.5) is 4.79 Å². The maximum atomic E-state index is 13.5. The third-order valence-corrected chi connectivity index (χ3v) is 8.16. The van der Waals surface area contributed by atoms with Gasteiger partial charge in [-0.2, -0.15) is 0 Å². The Bertz CT molecular complexity index is 1640. The molecule has 2 amide bonds. The van der Waals surface area contributed by atoms with E-state index in [0.29, 0.717) is 49.0 Å². The number of carbonyl (C=O) groups excluding carboxylic acids is 2. The van der Waals surface area contributed by atoms with E-state index < -0.39 is 11.7 Å². The first-order valence-corrected chi connectivity index (χ1v) is 16.1. The molecule has 7 nitrogen and oxygen atoms in total. The first-order chi connectivity index (χ1) is 22.1. The summed E-state index contributed by atoms with van der Waals surface area (Å²) in [5.74, 6) is 0.509. The number of nitrogens with zero attached hydrogens (tertiary/aromatic N) is 1. The van der Waals surface area contributed by atoms with Gasteiger partial charge in [-0.15, -0.1) is 0 Å². The van der Waals surface area contributed by atoms with Crippen LogP contribution in [0.15, 0.2) is 91.0 Å². The molecule has 0 spiro atoms. The van der Waals surface area contributed by atoms with Gasteiger partial charge >= 0.3 is 6.09 Å². The van der Waals surface area contributed by atoms with Gasteiger partial charge in [0.25, 0.3) is 5.91 Å². The Morgan fingerprint density at radius 2 is 1.50 bits per heavy atom. The summed E-state index contributed by atoms with van der Waals surface area (Å²) < 4.78 is 18.1. The lowest BCUT2D eigenvalue weighted by molar-refractivity contribution is 0.0251. The number of ether oxygens (including phenoxy) is 3. The summed E-state index contributed by atoms with van der Waals surface area (Å²) in [6, 6.07) is 29.5. The molecule has 8 heteroatoms. The van der Waals surface area contributed by atoms with E-state index in [2.05, 4.69) is 5.32 Å². The number of hydrogen-bond donors (Lipinski definition) is 1. The summed E-state index contributed by atoms with van der Waals surface area (Å²) in [4.78, 5) is 28.6. The maximum absolute atomic E-state index is 13.5. The molecule has 0 saturated heterocycles. The van der Waals surface area contributed by atoms with Crippen LogP contribution in [0.25, 0.3) is 0 Å². The van der Waals surface area contributed by atoms with Crippen LogP contribution in [-0.4, -0.2) is 42.1 Å². The standard InChI is InChI=1S/C38H41ClN2O5/c1-5-40-36(42)32-22-31-30(34(39)35(32)45-25-27-14-10-7-11-15-27)20-21-41(37(43)46-38(2,3)4)23-33(31)28-16-18-29(19-17-28)44-24-26-12-8-6-9-13-26/h6-19,22,33H,5,20-21,23-25H2,1-4H3,(H,40,42). The number of carbonyl (C=O) groups is 2. The van der Waals surface area contributed by atoms with Crippen molar-refractivity contribution in [3.05, 3.63) is 129 Å². The zero-order valence-electron chi connectivity index (χ0n) is 26.8. The Kier molecular flexibility index (Phi) is 10.5. The molecule has 240 valence electrons. The predicted molar refractivity (Wildman–Crippen MR) is 181 cm³/mol. The lowest BCUT2D eigenvalue weighted by Gasteiger charge is -2.29. The van der Waals surface area contributed by atoms with E-state index in [0.717, 1.165) is 33.6 Å². The van der Waals surface area contributed by atoms with Gasteiger partial charge in [-0.25, -0.2) is 4.79 Å². The molecule has 1 unspecified atom stereocenters. The van der Waals surface area contributed by atoms with Crippen LogP contribution in [0.5, 0.6) is 11.5 Å². The quantitative estimate of drug-likeness (QED) is 0.200. The smallest absolute Gasteiger partial charge is 0.410 e. The molecule has 1 atom stereocenters. The summed E-state index contributed by atoms with van der Waals surface area (Å²) in [5.41, 5.74) is 4.43. The molecule has 0 aromatic heterocycles. The summed E-state index contributed by atoms with van der Waals surface area (Å²) >= 11 is 7.17. The van der Waals surface area contributed by atoms with Crippen molar-refractivity contribution in [3.63, 3.8) is 0 Å². The van der Waals surface area contributed by atoms with Gasteiger partial charge in [-0.3, -0.25) is 4.79 Å². The zero-order valence-corrected chi connectivity index (χ0v) is 27.6. The van der Waals surface area contributed by atoms with E-state index in [9.17, 15) is 9.59 Å². The number of rotatable bonds is 9. The average molecular weight is 641 g/mol. The second kappa shape index (κ2) is 14.7.